The van der Waals surface area contributed by atoms with E-state index in [1.807, 2.05) is 13.8 Å². The average molecular weight is 308 g/mol. The van der Waals surface area contributed by atoms with Gasteiger partial charge in [-0.05, 0) is 62.2 Å². The Morgan fingerprint density at radius 1 is 1.05 bits per heavy atom. The predicted molar refractivity (Wildman–Crippen MR) is 83.2 cm³/mol. The van der Waals surface area contributed by atoms with E-state index in [0.717, 1.165) is 37.0 Å². The lowest BCUT2D eigenvalue weighted by Crippen LogP contribution is -2.63. The SMILES string of the molecule is COC(=O)C(NC(=O)NC12CC3CC(CC(C3)C1)C2)C(C)C. The van der Waals surface area contributed by atoms with Gasteiger partial charge in [0.1, 0.15) is 6.04 Å². The van der Waals surface area contributed by atoms with Crippen molar-refractivity contribution in [2.75, 3.05) is 7.11 Å². The van der Waals surface area contributed by atoms with Gasteiger partial charge in [-0.3, -0.25) is 0 Å². The van der Waals surface area contributed by atoms with Crippen LogP contribution in [0, 0.1) is 23.7 Å². The average Bonchev–Trinajstić information content (AvgIpc) is 2.41. The van der Waals surface area contributed by atoms with Gasteiger partial charge in [-0.1, -0.05) is 13.8 Å². The number of ether oxygens (including phenoxy) is 1. The summed E-state index contributed by atoms with van der Waals surface area (Å²) in [6.07, 6.45) is 7.36. The van der Waals surface area contributed by atoms with Crippen LogP contribution in [0.15, 0.2) is 0 Å². The number of esters is 1. The quantitative estimate of drug-likeness (QED) is 0.784. The topological polar surface area (TPSA) is 67.4 Å². The summed E-state index contributed by atoms with van der Waals surface area (Å²) in [7, 11) is 1.36. The zero-order valence-electron chi connectivity index (χ0n) is 13.9. The molecule has 0 saturated heterocycles. The number of amides is 2. The van der Waals surface area contributed by atoms with Crippen LogP contribution in [0.5, 0.6) is 0 Å². The molecule has 4 fully saturated rings. The second-order valence-electron chi connectivity index (χ2n) is 8.04. The maximum Gasteiger partial charge on any atom is 0.328 e. The first kappa shape index (κ1) is 15.6. The van der Waals surface area contributed by atoms with Crippen molar-refractivity contribution in [3.63, 3.8) is 0 Å². The van der Waals surface area contributed by atoms with Gasteiger partial charge in [0, 0.05) is 5.54 Å². The third kappa shape index (κ3) is 2.95. The highest BCUT2D eigenvalue weighted by Crippen LogP contribution is 2.55. The number of nitrogens with one attached hydrogen (secondary N) is 2. The summed E-state index contributed by atoms with van der Waals surface area (Å²) in [5.41, 5.74) is -0.0313. The van der Waals surface area contributed by atoms with Gasteiger partial charge in [-0.25, -0.2) is 9.59 Å². The molecule has 1 unspecified atom stereocenters. The van der Waals surface area contributed by atoms with Crippen LogP contribution in [0.3, 0.4) is 0 Å². The molecule has 0 aromatic rings. The highest BCUT2D eigenvalue weighted by atomic mass is 16.5. The van der Waals surface area contributed by atoms with Gasteiger partial charge in [-0.2, -0.15) is 0 Å². The van der Waals surface area contributed by atoms with E-state index in [1.165, 1.54) is 26.4 Å². The van der Waals surface area contributed by atoms with Crippen molar-refractivity contribution in [1.82, 2.24) is 10.6 Å². The van der Waals surface area contributed by atoms with Crippen LogP contribution in [-0.2, 0) is 9.53 Å². The number of hydrogen-bond acceptors (Lipinski definition) is 3. The molecule has 22 heavy (non-hydrogen) atoms. The highest BCUT2D eigenvalue weighted by molar-refractivity contribution is 5.84. The van der Waals surface area contributed by atoms with Gasteiger partial charge in [0.2, 0.25) is 0 Å². The lowest BCUT2D eigenvalue weighted by atomic mass is 9.53. The predicted octanol–water partition coefficient (Wildman–Crippen LogP) is 2.45. The Labute approximate surface area is 132 Å². The molecule has 1 atom stereocenters. The molecule has 4 bridgehead atoms. The molecule has 2 N–H and O–H groups in total. The van der Waals surface area contributed by atoms with Gasteiger partial charge in [-0.15, -0.1) is 0 Å². The van der Waals surface area contributed by atoms with Crippen LogP contribution in [0.2, 0.25) is 0 Å². The molecule has 0 radical (unpaired) electrons. The van der Waals surface area contributed by atoms with Crippen molar-refractivity contribution in [1.29, 1.82) is 0 Å². The van der Waals surface area contributed by atoms with Crippen molar-refractivity contribution >= 4 is 12.0 Å². The molecule has 0 aromatic heterocycles. The zero-order chi connectivity index (χ0) is 15.9. The summed E-state index contributed by atoms with van der Waals surface area (Å²) in [6.45, 7) is 3.82. The van der Waals surface area contributed by atoms with Gasteiger partial charge < -0.3 is 15.4 Å². The third-order valence-electron chi connectivity index (χ3n) is 5.83. The fraction of sp³-hybridized carbons (Fsp3) is 0.882. The minimum atomic E-state index is -0.584. The summed E-state index contributed by atoms with van der Waals surface area (Å²) in [4.78, 5) is 24.2. The van der Waals surface area contributed by atoms with Crippen LogP contribution < -0.4 is 10.6 Å². The van der Waals surface area contributed by atoms with E-state index >= 15 is 0 Å². The molecule has 0 aromatic carbocycles. The number of carbonyl (C=O) groups is 2. The molecule has 2 amide bonds. The van der Waals surface area contributed by atoms with E-state index in [2.05, 4.69) is 10.6 Å². The number of urea groups is 1. The Hall–Kier alpha value is -1.26. The van der Waals surface area contributed by atoms with Crippen LogP contribution in [0.1, 0.15) is 52.4 Å². The Bertz CT molecular complexity index is 426. The number of rotatable bonds is 4. The molecule has 0 heterocycles. The fourth-order valence-corrected chi connectivity index (χ4v) is 5.31. The van der Waals surface area contributed by atoms with Crippen molar-refractivity contribution in [2.45, 2.75) is 64.0 Å². The van der Waals surface area contributed by atoms with Crippen LogP contribution in [-0.4, -0.2) is 30.7 Å². The van der Waals surface area contributed by atoms with Crippen molar-refractivity contribution in [3.8, 4) is 0 Å². The van der Waals surface area contributed by atoms with Crippen LogP contribution >= 0.6 is 0 Å². The van der Waals surface area contributed by atoms with Crippen LogP contribution in [0.4, 0.5) is 4.79 Å². The molecule has 4 rings (SSSR count). The Kier molecular flexibility index (Phi) is 4.08. The lowest BCUT2D eigenvalue weighted by Gasteiger charge is -2.56. The third-order valence-corrected chi connectivity index (χ3v) is 5.83. The van der Waals surface area contributed by atoms with Gasteiger partial charge >= 0.3 is 12.0 Å². The standard InChI is InChI=1S/C17H28N2O3/c1-10(2)14(15(20)22-3)18-16(21)19-17-7-11-4-12(8-17)6-13(5-11)9-17/h10-14H,4-9H2,1-3H3,(H2,18,19,21). The molecule has 5 heteroatoms. The monoisotopic (exact) mass is 308 g/mol. The van der Waals surface area contributed by atoms with E-state index in [0.29, 0.717) is 0 Å². The highest BCUT2D eigenvalue weighted by Gasteiger charge is 2.51. The first-order valence-corrected chi connectivity index (χ1v) is 8.57. The van der Waals surface area contributed by atoms with Gasteiger partial charge in [0.25, 0.3) is 0 Å². The summed E-state index contributed by atoms with van der Waals surface area (Å²) in [5.74, 6) is 1.99. The number of hydrogen-bond donors (Lipinski definition) is 2. The first-order chi connectivity index (χ1) is 10.4. The summed E-state index contributed by atoms with van der Waals surface area (Å²) >= 11 is 0. The molecule has 5 nitrogen and oxygen atoms in total. The van der Waals surface area contributed by atoms with Crippen molar-refractivity contribution in [3.05, 3.63) is 0 Å². The molecule has 4 aliphatic rings. The molecular formula is C17H28N2O3. The number of carbonyl (C=O) groups excluding carboxylic acids is 2. The molecule has 0 aliphatic heterocycles. The molecule has 0 spiro atoms. The number of methoxy groups -OCH3 is 1. The Balaban J connectivity index is 1.63. The maximum absolute atomic E-state index is 12.4. The minimum absolute atomic E-state index is 0.00885. The lowest BCUT2D eigenvalue weighted by molar-refractivity contribution is -0.144. The second kappa shape index (κ2) is 5.74. The minimum Gasteiger partial charge on any atom is -0.467 e. The largest absolute Gasteiger partial charge is 0.467 e. The normalized spacial score (nSPS) is 37.0. The Morgan fingerprint density at radius 2 is 1.55 bits per heavy atom. The van der Waals surface area contributed by atoms with E-state index in [9.17, 15) is 9.59 Å². The molecular weight excluding hydrogens is 280 g/mol. The summed E-state index contributed by atoms with van der Waals surface area (Å²) < 4.78 is 4.79. The molecule has 124 valence electrons. The smallest absolute Gasteiger partial charge is 0.328 e. The zero-order valence-corrected chi connectivity index (χ0v) is 13.9. The van der Waals surface area contributed by atoms with E-state index in [-0.39, 0.29) is 23.5 Å². The Morgan fingerprint density at radius 3 is 1.95 bits per heavy atom. The van der Waals surface area contributed by atoms with Gasteiger partial charge in [0.05, 0.1) is 7.11 Å². The van der Waals surface area contributed by atoms with Crippen molar-refractivity contribution < 1.29 is 14.3 Å². The molecule has 4 aliphatic carbocycles. The maximum atomic E-state index is 12.4. The second-order valence-corrected chi connectivity index (χ2v) is 8.04. The van der Waals surface area contributed by atoms with Gasteiger partial charge in [0.15, 0.2) is 0 Å². The first-order valence-electron chi connectivity index (χ1n) is 8.57. The summed E-state index contributed by atoms with van der Waals surface area (Å²) in [6, 6.07) is -0.801. The van der Waals surface area contributed by atoms with Crippen molar-refractivity contribution in [2.24, 2.45) is 23.7 Å². The van der Waals surface area contributed by atoms with Crippen LogP contribution in [0.25, 0.3) is 0 Å². The fourth-order valence-electron chi connectivity index (χ4n) is 5.31. The van der Waals surface area contributed by atoms with E-state index in [4.69, 9.17) is 4.74 Å². The van der Waals surface area contributed by atoms with E-state index < -0.39 is 6.04 Å². The summed E-state index contributed by atoms with van der Waals surface area (Å²) in [5, 5.41) is 6.05. The molecule has 4 saturated carbocycles. The van der Waals surface area contributed by atoms with E-state index in [1.54, 1.807) is 0 Å².